The van der Waals surface area contributed by atoms with Gasteiger partial charge >= 0.3 is 0 Å². The topological polar surface area (TPSA) is 100 Å². The molecule has 2 aromatic rings. The van der Waals surface area contributed by atoms with Gasteiger partial charge in [-0.25, -0.2) is 0 Å². The van der Waals surface area contributed by atoms with E-state index >= 15 is 0 Å². The molecule has 132 valence electrons. The van der Waals surface area contributed by atoms with Crippen molar-refractivity contribution >= 4 is 39.3 Å². The first-order valence-corrected chi connectivity index (χ1v) is 8.35. The molecular weight excluding hydrogens is 390 g/mol. The molecule has 1 atom stereocenters. The molecule has 0 aliphatic rings. The number of carbonyl (C=O) groups is 3. The highest BCUT2D eigenvalue weighted by Crippen LogP contribution is 2.17. The lowest BCUT2D eigenvalue weighted by Crippen LogP contribution is -2.37. The van der Waals surface area contributed by atoms with Crippen molar-refractivity contribution < 1.29 is 18.8 Å². The number of amides is 3. The number of rotatable bonds is 6. The maximum absolute atomic E-state index is 12.0. The van der Waals surface area contributed by atoms with Gasteiger partial charge in [-0.05, 0) is 52.7 Å². The van der Waals surface area contributed by atoms with Crippen LogP contribution in [0.3, 0.4) is 0 Å². The molecule has 0 saturated heterocycles. The summed E-state index contributed by atoms with van der Waals surface area (Å²) in [6.07, 6.45) is 0. The predicted octanol–water partition coefficient (Wildman–Crippen LogP) is 2.61. The molecule has 25 heavy (non-hydrogen) atoms. The Hall–Kier alpha value is -2.61. The highest BCUT2D eigenvalue weighted by molar-refractivity contribution is 9.10. The third kappa shape index (κ3) is 5.75. The zero-order chi connectivity index (χ0) is 18.4. The molecule has 0 spiro atoms. The molecule has 0 aliphatic heterocycles. The number of benzene rings is 1. The normalized spacial score (nSPS) is 11.5. The molecule has 3 N–H and O–H groups in total. The third-order valence-corrected chi connectivity index (χ3v) is 3.72. The van der Waals surface area contributed by atoms with E-state index in [-0.39, 0.29) is 30.2 Å². The molecule has 0 saturated carbocycles. The zero-order valence-electron chi connectivity index (χ0n) is 13.8. The Balaban J connectivity index is 1.87. The van der Waals surface area contributed by atoms with Crippen LogP contribution in [0.15, 0.2) is 45.5 Å². The number of nitrogens with one attached hydrogen (secondary N) is 3. The van der Waals surface area contributed by atoms with Crippen LogP contribution in [-0.4, -0.2) is 24.3 Å². The quantitative estimate of drug-likeness (QED) is 0.684. The second kappa shape index (κ2) is 8.48. The first-order valence-electron chi connectivity index (χ1n) is 7.55. The second-order valence-corrected chi connectivity index (χ2v) is 6.16. The maximum atomic E-state index is 12.0. The van der Waals surface area contributed by atoms with E-state index < -0.39 is 5.91 Å². The first kappa shape index (κ1) is 18.7. The zero-order valence-corrected chi connectivity index (χ0v) is 15.3. The van der Waals surface area contributed by atoms with E-state index in [4.69, 9.17) is 4.42 Å². The van der Waals surface area contributed by atoms with Crippen LogP contribution in [0.1, 0.15) is 36.0 Å². The summed E-state index contributed by atoms with van der Waals surface area (Å²) in [5.41, 5.74) is 1.49. The number of carbonyl (C=O) groups excluding carboxylic acids is 3. The van der Waals surface area contributed by atoms with Crippen molar-refractivity contribution in [2.45, 2.75) is 19.9 Å². The molecule has 1 aromatic carbocycles. The minimum atomic E-state index is -0.471. The SMILES string of the molecule is CC(=O)Nc1cccc(C(C)NC(=O)CNC(=O)c2ccc(Br)o2)c1. The summed E-state index contributed by atoms with van der Waals surface area (Å²) >= 11 is 3.11. The molecule has 1 heterocycles. The van der Waals surface area contributed by atoms with Gasteiger partial charge in [0, 0.05) is 12.6 Å². The molecule has 2 rings (SSSR count). The molecule has 7 nitrogen and oxygen atoms in total. The Morgan fingerprint density at radius 1 is 1.20 bits per heavy atom. The second-order valence-electron chi connectivity index (χ2n) is 5.38. The van der Waals surface area contributed by atoms with Crippen molar-refractivity contribution in [2.75, 3.05) is 11.9 Å². The van der Waals surface area contributed by atoms with Crippen LogP contribution in [0.5, 0.6) is 0 Å². The Morgan fingerprint density at radius 2 is 1.96 bits per heavy atom. The van der Waals surface area contributed by atoms with Crippen molar-refractivity contribution in [3.05, 3.63) is 52.4 Å². The van der Waals surface area contributed by atoms with E-state index in [2.05, 4.69) is 31.9 Å². The Bertz CT molecular complexity index is 788. The monoisotopic (exact) mass is 407 g/mol. The molecule has 3 amide bonds. The molecular formula is C17H18BrN3O4. The fourth-order valence-corrected chi connectivity index (χ4v) is 2.46. The van der Waals surface area contributed by atoms with Gasteiger partial charge in [-0.2, -0.15) is 0 Å². The minimum absolute atomic E-state index is 0.121. The molecule has 0 bridgehead atoms. The molecule has 8 heteroatoms. The van der Waals surface area contributed by atoms with Gasteiger partial charge in [0.25, 0.3) is 5.91 Å². The van der Waals surface area contributed by atoms with E-state index in [9.17, 15) is 14.4 Å². The van der Waals surface area contributed by atoms with Gasteiger partial charge in [0.15, 0.2) is 10.4 Å². The Labute approximate surface area is 153 Å². The summed E-state index contributed by atoms with van der Waals surface area (Å²) in [5, 5.41) is 7.96. The van der Waals surface area contributed by atoms with Gasteiger partial charge in [-0.15, -0.1) is 0 Å². The highest BCUT2D eigenvalue weighted by atomic mass is 79.9. The summed E-state index contributed by atoms with van der Waals surface area (Å²) in [7, 11) is 0. The minimum Gasteiger partial charge on any atom is -0.444 e. The van der Waals surface area contributed by atoms with Crippen molar-refractivity contribution in [2.24, 2.45) is 0 Å². The summed E-state index contributed by atoms with van der Waals surface area (Å²) in [5.74, 6) is -0.852. The van der Waals surface area contributed by atoms with Crippen molar-refractivity contribution in [1.82, 2.24) is 10.6 Å². The summed E-state index contributed by atoms with van der Waals surface area (Å²) in [6.45, 7) is 3.07. The summed E-state index contributed by atoms with van der Waals surface area (Å²) in [4.78, 5) is 34.9. The van der Waals surface area contributed by atoms with Gasteiger partial charge in [0.2, 0.25) is 11.8 Å². The fraction of sp³-hybridized carbons (Fsp3) is 0.235. The van der Waals surface area contributed by atoms with Crippen molar-refractivity contribution in [3.8, 4) is 0 Å². The van der Waals surface area contributed by atoms with Gasteiger partial charge < -0.3 is 20.4 Å². The summed E-state index contributed by atoms with van der Waals surface area (Å²) < 4.78 is 5.55. The van der Waals surface area contributed by atoms with Crippen molar-refractivity contribution in [1.29, 1.82) is 0 Å². The lowest BCUT2D eigenvalue weighted by atomic mass is 10.1. The number of halogens is 1. The lowest BCUT2D eigenvalue weighted by Gasteiger charge is -2.15. The predicted molar refractivity (Wildman–Crippen MR) is 96.0 cm³/mol. The van der Waals surface area contributed by atoms with Crippen LogP contribution in [-0.2, 0) is 9.59 Å². The van der Waals surface area contributed by atoms with Gasteiger partial charge in [-0.3, -0.25) is 14.4 Å². The number of hydrogen-bond acceptors (Lipinski definition) is 4. The largest absolute Gasteiger partial charge is 0.444 e. The van der Waals surface area contributed by atoms with Gasteiger partial charge in [0.05, 0.1) is 12.6 Å². The maximum Gasteiger partial charge on any atom is 0.287 e. The van der Waals surface area contributed by atoms with Crippen LogP contribution in [0, 0.1) is 0 Å². The molecule has 0 radical (unpaired) electrons. The van der Waals surface area contributed by atoms with Crippen LogP contribution >= 0.6 is 15.9 Å². The first-order chi connectivity index (χ1) is 11.8. The molecule has 1 aromatic heterocycles. The Kier molecular flexibility index (Phi) is 6.35. The van der Waals surface area contributed by atoms with E-state index in [0.717, 1.165) is 5.56 Å². The van der Waals surface area contributed by atoms with Crippen molar-refractivity contribution in [3.63, 3.8) is 0 Å². The standard InChI is InChI=1S/C17H18BrN3O4/c1-10(12-4-3-5-13(8-12)21-11(2)22)20-16(23)9-19-17(24)14-6-7-15(18)25-14/h3-8,10H,9H2,1-2H3,(H,19,24)(H,20,23)(H,21,22). The van der Waals surface area contributed by atoms with Crippen LogP contribution in [0.2, 0.25) is 0 Å². The average Bonchev–Trinajstić information content (AvgIpc) is 2.99. The van der Waals surface area contributed by atoms with E-state index in [1.54, 1.807) is 24.3 Å². The van der Waals surface area contributed by atoms with E-state index in [1.807, 2.05) is 13.0 Å². The number of anilines is 1. The number of furan rings is 1. The Morgan fingerprint density at radius 3 is 2.60 bits per heavy atom. The van der Waals surface area contributed by atoms with Gasteiger partial charge in [0.1, 0.15) is 0 Å². The summed E-state index contributed by atoms with van der Waals surface area (Å²) in [6, 6.07) is 10.0. The average molecular weight is 408 g/mol. The van der Waals surface area contributed by atoms with Crippen LogP contribution in [0.25, 0.3) is 0 Å². The fourth-order valence-electron chi connectivity index (χ4n) is 2.15. The van der Waals surface area contributed by atoms with E-state index in [1.165, 1.54) is 13.0 Å². The van der Waals surface area contributed by atoms with E-state index in [0.29, 0.717) is 10.4 Å². The highest BCUT2D eigenvalue weighted by Gasteiger charge is 2.14. The molecule has 1 unspecified atom stereocenters. The van der Waals surface area contributed by atoms with Crippen LogP contribution < -0.4 is 16.0 Å². The lowest BCUT2D eigenvalue weighted by molar-refractivity contribution is -0.120. The molecule has 0 aliphatic carbocycles. The van der Waals surface area contributed by atoms with Crippen LogP contribution in [0.4, 0.5) is 5.69 Å². The third-order valence-electron chi connectivity index (χ3n) is 3.29. The smallest absolute Gasteiger partial charge is 0.287 e. The number of hydrogen-bond donors (Lipinski definition) is 3. The van der Waals surface area contributed by atoms with Gasteiger partial charge in [-0.1, -0.05) is 12.1 Å². The molecule has 0 fully saturated rings.